The summed E-state index contributed by atoms with van der Waals surface area (Å²) in [6.07, 6.45) is 7.34. The van der Waals surface area contributed by atoms with Crippen molar-refractivity contribution in [2.24, 2.45) is 5.92 Å². The topological polar surface area (TPSA) is 66.5 Å². The van der Waals surface area contributed by atoms with E-state index in [9.17, 15) is 13.2 Å². The summed E-state index contributed by atoms with van der Waals surface area (Å²) in [5.74, 6) is 0.735. The molecule has 0 unspecified atom stereocenters. The third kappa shape index (κ3) is 4.29. The summed E-state index contributed by atoms with van der Waals surface area (Å²) in [7, 11) is -3.58. The smallest absolute Gasteiger partial charge is 0.240 e. The number of rotatable bonds is 5. The van der Waals surface area contributed by atoms with E-state index in [0.29, 0.717) is 16.9 Å². The zero-order chi connectivity index (χ0) is 18.7. The van der Waals surface area contributed by atoms with E-state index in [1.165, 1.54) is 25.7 Å². The second-order valence-electron chi connectivity index (χ2n) is 7.76. The molecule has 26 heavy (non-hydrogen) atoms. The first-order valence-corrected chi connectivity index (χ1v) is 11.2. The molecule has 1 saturated heterocycles. The van der Waals surface area contributed by atoms with Crippen molar-refractivity contribution in [3.05, 3.63) is 29.3 Å². The zero-order valence-corrected chi connectivity index (χ0v) is 16.6. The van der Waals surface area contributed by atoms with Crippen molar-refractivity contribution >= 4 is 15.9 Å². The minimum Gasteiger partial charge on any atom is -0.339 e. The lowest BCUT2D eigenvalue weighted by molar-refractivity contribution is -0.137. The Balaban J connectivity index is 1.58. The first kappa shape index (κ1) is 19.4. The van der Waals surface area contributed by atoms with Crippen molar-refractivity contribution in [1.82, 2.24) is 9.62 Å². The molecule has 1 aromatic carbocycles. The summed E-state index contributed by atoms with van der Waals surface area (Å²) >= 11 is 0. The average molecular weight is 379 g/mol. The highest BCUT2D eigenvalue weighted by Gasteiger charge is 2.35. The van der Waals surface area contributed by atoms with E-state index < -0.39 is 10.0 Å². The quantitative estimate of drug-likeness (QED) is 0.856. The Bertz CT molecular complexity index is 758. The molecule has 1 aromatic rings. The van der Waals surface area contributed by atoms with Crippen molar-refractivity contribution < 1.29 is 13.2 Å². The molecule has 1 heterocycles. The van der Waals surface area contributed by atoms with Gasteiger partial charge in [-0.3, -0.25) is 4.79 Å². The van der Waals surface area contributed by atoms with Gasteiger partial charge in [-0.25, -0.2) is 13.1 Å². The van der Waals surface area contributed by atoms with Crippen molar-refractivity contribution in [2.45, 2.75) is 69.7 Å². The van der Waals surface area contributed by atoms with Crippen LogP contribution in [0.1, 0.15) is 56.1 Å². The van der Waals surface area contributed by atoms with Crippen LogP contribution in [0.25, 0.3) is 0 Å². The van der Waals surface area contributed by atoms with Gasteiger partial charge in [0.25, 0.3) is 0 Å². The molecule has 2 aliphatic rings. The second-order valence-corrected chi connectivity index (χ2v) is 9.49. The van der Waals surface area contributed by atoms with E-state index in [4.69, 9.17) is 0 Å². The van der Waals surface area contributed by atoms with Gasteiger partial charge in [0.2, 0.25) is 15.9 Å². The van der Waals surface area contributed by atoms with Gasteiger partial charge >= 0.3 is 0 Å². The average Bonchev–Trinajstić information content (AvgIpc) is 2.63. The molecule has 144 valence electrons. The number of benzene rings is 1. The van der Waals surface area contributed by atoms with Gasteiger partial charge in [0.1, 0.15) is 0 Å². The maximum Gasteiger partial charge on any atom is 0.240 e. The maximum atomic E-state index is 12.7. The van der Waals surface area contributed by atoms with E-state index in [1.54, 1.807) is 13.0 Å². The number of hydrogen-bond donors (Lipinski definition) is 1. The molecule has 0 aromatic heterocycles. The van der Waals surface area contributed by atoms with Crippen LogP contribution in [0.3, 0.4) is 0 Å². The van der Waals surface area contributed by atoms with Gasteiger partial charge < -0.3 is 4.90 Å². The molecule has 0 bridgehead atoms. The zero-order valence-electron chi connectivity index (χ0n) is 15.8. The molecule has 1 N–H and O–H groups in total. The maximum absolute atomic E-state index is 12.7. The summed E-state index contributed by atoms with van der Waals surface area (Å²) in [6, 6.07) is 5.76. The second kappa shape index (κ2) is 8.09. The highest BCUT2D eigenvalue weighted by atomic mass is 32.2. The molecule has 3 rings (SSSR count). The van der Waals surface area contributed by atoms with Gasteiger partial charge in [-0.15, -0.1) is 0 Å². The number of piperidine rings is 1. The third-order valence-corrected chi connectivity index (χ3v) is 7.43. The summed E-state index contributed by atoms with van der Waals surface area (Å²) < 4.78 is 27.7. The Hall–Kier alpha value is -1.40. The van der Waals surface area contributed by atoms with E-state index in [-0.39, 0.29) is 18.9 Å². The number of hydrogen-bond acceptors (Lipinski definition) is 3. The number of nitrogens with one attached hydrogen (secondary N) is 1. The molecule has 0 radical (unpaired) electrons. The highest BCUT2D eigenvalue weighted by molar-refractivity contribution is 7.89. The van der Waals surface area contributed by atoms with Crippen LogP contribution in [-0.4, -0.2) is 38.4 Å². The van der Waals surface area contributed by atoms with Gasteiger partial charge in [0, 0.05) is 25.6 Å². The number of nitrogens with zero attached hydrogens (tertiary/aromatic N) is 1. The van der Waals surface area contributed by atoms with Crippen molar-refractivity contribution in [3.63, 3.8) is 0 Å². The summed E-state index contributed by atoms with van der Waals surface area (Å²) in [5.41, 5.74) is 1.62. The molecule has 5 nitrogen and oxygen atoms in total. The van der Waals surface area contributed by atoms with Gasteiger partial charge in [0.15, 0.2) is 0 Å². The first-order chi connectivity index (χ1) is 12.4. The number of carbonyl (C=O) groups excluding carboxylic acids is 1. The van der Waals surface area contributed by atoms with Crippen LogP contribution in [0.4, 0.5) is 0 Å². The Morgan fingerprint density at radius 1 is 1.15 bits per heavy atom. The third-order valence-electron chi connectivity index (χ3n) is 5.83. The predicted molar refractivity (Wildman–Crippen MR) is 102 cm³/mol. The fraction of sp³-hybridized carbons (Fsp3) is 0.650. The number of likely N-dealkylation sites (tertiary alicyclic amines) is 1. The monoisotopic (exact) mass is 378 g/mol. The number of aryl methyl sites for hydroxylation is 2. The van der Waals surface area contributed by atoms with E-state index in [2.05, 4.69) is 4.72 Å². The standard InChI is InChI=1S/C20H30N2O3S/c1-15-9-10-16(2)19(14-15)26(24,25)21-12-11-20(23)22-13-5-7-17-6-3-4-8-18(17)22/h9-10,14,17-18,21H,3-8,11-13H2,1-2H3/t17-,18-/m0/s1. The van der Waals surface area contributed by atoms with Gasteiger partial charge in [0.05, 0.1) is 4.90 Å². The fourth-order valence-corrected chi connectivity index (χ4v) is 5.80. The first-order valence-electron chi connectivity index (χ1n) is 9.75. The van der Waals surface area contributed by atoms with Crippen molar-refractivity contribution in [2.75, 3.05) is 13.1 Å². The van der Waals surface area contributed by atoms with Gasteiger partial charge in [-0.05, 0) is 62.6 Å². The van der Waals surface area contributed by atoms with Crippen LogP contribution in [0.15, 0.2) is 23.1 Å². The number of carbonyl (C=O) groups is 1. The SMILES string of the molecule is Cc1ccc(C)c(S(=O)(=O)NCCC(=O)N2CCC[C@@H]3CCCC[C@@H]32)c1. The van der Waals surface area contributed by atoms with Crippen LogP contribution < -0.4 is 4.72 Å². The number of fused-ring (bicyclic) bond motifs is 1. The number of sulfonamides is 1. The number of amides is 1. The molecule has 0 spiro atoms. The molecular formula is C20H30N2O3S. The molecule has 1 amide bonds. The van der Waals surface area contributed by atoms with E-state index >= 15 is 0 Å². The Morgan fingerprint density at radius 3 is 2.69 bits per heavy atom. The van der Waals surface area contributed by atoms with Gasteiger partial charge in [-0.1, -0.05) is 25.0 Å². The summed E-state index contributed by atoms with van der Waals surface area (Å²) in [6.45, 7) is 4.64. The largest absolute Gasteiger partial charge is 0.339 e. The van der Waals surface area contributed by atoms with Crippen LogP contribution >= 0.6 is 0 Å². The fourth-order valence-electron chi connectivity index (χ4n) is 4.44. The lowest BCUT2D eigenvalue weighted by atomic mass is 9.78. The Labute approximate surface area is 157 Å². The molecule has 6 heteroatoms. The normalized spacial score (nSPS) is 23.5. The van der Waals surface area contributed by atoms with Crippen LogP contribution in [-0.2, 0) is 14.8 Å². The Morgan fingerprint density at radius 2 is 1.88 bits per heavy atom. The molecule has 2 atom stereocenters. The lowest BCUT2D eigenvalue weighted by Gasteiger charge is -2.44. The lowest BCUT2D eigenvalue weighted by Crippen LogP contribution is -2.50. The van der Waals surface area contributed by atoms with Crippen LogP contribution in [0, 0.1) is 19.8 Å². The van der Waals surface area contributed by atoms with Crippen LogP contribution in [0.5, 0.6) is 0 Å². The summed E-state index contributed by atoms with van der Waals surface area (Å²) in [5, 5.41) is 0. The predicted octanol–water partition coefficient (Wildman–Crippen LogP) is 3.15. The minimum absolute atomic E-state index is 0.0882. The van der Waals surface area contributed by atoms with E-state index in [1.807, 2.05) is 24.0 Å². The van der Waals surface area contributed by atoms with E-state index in [0.717, 1.165) is 30.5 Å². The van der Waals surface area contributed by atoms with Gasteiger partial charge in [-0.2, -0.15) is 0 Å². The molecular weight excluding hydrogens is 348 g/mol. The van der Waals surface area contributed by atoms with Crippen LogP contribution in [0.2, 0.25) is 0 Å². The minimum atomic E-state index is -3.58. The molecule has 1 aliphatic heterocycles. The van der Waals surface area contributed by atoms with Crippen molar-refractivity contribution in [1.29, 1.82) is 0 Å². The highest BCUT2D eigenvalue weighted by Crippen LogP contribution is 2.35. The van der Waals surface area contributed by atoms with Crippen molar-refractivity contribution in [3.8, 4) is 0 Å². The summed E-state index contributed by atoms with van der Waals surface area (Å²) in [4.78, 5) is 15.0. The Kier molecular flexibility index (Phi) is 6.03. The molecule has 1 saturated carbocycles. The molecule has 2 fully saturated rings. The molecule has 1 aliphatic carbocycles.